The van der Waals surface area contributed by atoms with Crippen LogP contribution in [-0.2, 0) is 14.8 Å². The summed E-state index contributed by atoms with van der Waals surface area (Å²) in [5.74, 6) is -0.471. The first kappa shape index (κ1) is 17.9. The van der Waals surface area contributed by atoms with Crippen molar-refractivity contribution in [2.75, 3.05) is 10.0 Å². The monoisotopic (exact) mass is 350 g/mol. The van der Waals surface area contributed by atoms with Crippen molar-refractivity contribution >= 4 is 27.3 Å². The van der Waals surface area contributed by atoms with Gasteiger partial charge in [-0.3, -0.25) is 9.52 Å². The van der Waals surface area contributed by atoms with Crippen LogP contribution in [0.15, 0.2) is 53.4 Å². The first-order valence-electron chi connectivity index (χ1n) is 7.44. The second-order valence-corrected chi connectivity index (χ2v) is 7.47. The number of rotatable bonds is 6. The molecular formula is C17H19FN2O3S. The van der Waals surface area contributed by atoms with Gasteiger partial charge in [0, 0.05) is 17.8 Å². The average molecular weight is 350 g/mol. The van der Waals surface area contributed by atoms with E-state index in [1.54, 1.807) is 12.1 Å². The van der Waals surface area contributed by atoms with E-state index in [-0.39, 0.29) is 16.7 Å². The quantitative estimate of drug-likeness (QED) is 0.836. The summed E-state index contributed by atoms with van der Waals surface area (Å²) in [7, 11) is -3.86. The summed E-state index contributed by atoms with van der Waals surface area (Å²) in [6, 6.07) is 11.0. The molecule has 0 aliphatic carbocycles. The van der Waals surface area contributed by atoms with Crippen LogP contribution in [-0.4, -0.2) is 14.3 Å². The molecule has 2 aromatic carbocycles. The minimum atomic E-state index is -3.86. The molecule has 0 radical (unpaired) electrons. The minimum Gasteiger partial charge on any atom is -0.326 e. The maximum absolute atomic E-state index is 13.2. The van der Waals surface area contributed by atoms with Crippen molar-refractivity contribution in [2.24, 2.45) is 5.92 Å². The molecule has 0 bridgehead atoms. The van der Waals surface area contributed by atoms with Crippen LogP contribution in [0.5, 0.6) is 0 Å². The normalized spacial score (nSPS) is 11.3. The molecule has 0 aliphatic heterocycles. The summed E-state index contributed by atoms with van der Waals surface area (Å²) in [6.07, 6.45) is 0.411. The number of nitrogens with one attached hydrogen (secondary N) is 2. The van der Waals surface area contributed by atoms with Gasteiger partial charge in [0.2, 0.25) is 5.91 Å². The van der Waals surface area contributed by atoms with Crippen LogP contribution in [0.1, 0.15) is 20.3 Å². The SMILES string of the molecule is CC(C)CC(=O)Nc1ccc(NS(=O)(=O)c2cccc(F)c2)cc1. The van der Waals surface area contributed by atoms with Gasteiger partial charge in [-0.15, -0.1) is 0 Å². The van der Waals surface area contributed by atoms with Gasteiger partial charge < -0.3 is 5.32 Å². The maximum Gasteiger partial charge on any atom is 0.261 e. The molecule has 0 heterocycles. The fourth-order valence-electron chi connectivity index (χ4n) is 2.05. The minimum absolute atomic E-state index is 0.0990. The van der Waals surface area contributed by atoms with Gasteiger partial charge in [-0.2, -0.15) is 0 Å². The first-order valence-corrected chi connectivity index (χ1v) is 8.93. The largest absolute Gasteiger partial charge is 0.326 e. The molecule has 0 unspecified atom stereocenters. The van der Waals surface area contributed by atoms with Crippen molar-refractivity contribution < 1.29 is 17.6 Å². The van der Waals surface area contributed by atoms with Crippen molar-refractivity contribution in [2.45, 2.75) is 25.2 Å². The summed E-state index contributed by atoms with van der Waals surface area (Å²) in [4.78, 5) is 11.5. The molecule has 0 aromatic heterocycles. The fraction of sp³-hybridized carbons (Fsp3) is 0.235. The predicted molar refractivity (Wildman–Crippen MR) is 91.7 cm³/mol. The molecule has 2 N–H and O–H groups in total. The third-order valence-corrected chi connectivity index (χ3v) is 4.50. The molecule has 0 saturated heterocycles. The summed E-state index contributed by atoms with van der Waals surface area (Å²) in [5.41, 5.74) is 0.899. The lowest BCUT2D eigenvalue weighted by Gasteiger charge is -2.10. The van der Waals surface area contributed by atoms with E-state index >= 15 is 0 Å². The van der Waals surface area contributed by atoms with Gasteiger partial charge in [-0.25, -0.2) is 12.8 Å². The third-order valence-electron chi connectivity index (χ3n) is 3.12. The van der Waals surface area contributed by atoms with Crippen molar-refractivity contribution in [3.05, 3.63) is 54.3 Å². The Morgan fingerprint density at radius 2 is 1.71 bits per heavy atom. The standard InChI is InChI=1S/C17H19FN2O3S/c1-12(2)10-17(21)19-14-6-8-15(9-7-14)20-24(22,23)16-5-3-4-13(18)11-16/h3-9,11-12,20H,10H2,1-2H3,(H,19,21). The fourth-order valence-corrected chi connectivity index (χ4v) is 3.14. The number of carbonyl (C=O) groups excluding carboxylic acids is 1. The predicted octanol–water partition coefficient (Wildman–Crippen LogP) is 3.61. The molecule has 0 spiro atoms. The van der Waals surface area contributed by atoms with Crippen LogP contribution in [0.4, 0.5) is 15.8 Å². The Morgan fingerprint density at radius 3 is 2.29 bits per heavy atom. The second kappa shape index (κ2) is 7.44. The van der Waals surface area contributed by atoms with E-state index < -0.39 is 15.8 Å². The van der Waals surface area contributed by atoms with E-state index in [2.05, 4.69) is 10.0 Å². The Bertz CT molecular complexity index is 818. The van der Waals surface area contributed by atoms with E-state index in [0.717, 1.165) is 6.07 Å². The third kappa shape index (κ3) is 5.06. The Balaban J connectivity index is 2.07. The number of benzene rings is 2. The zero-order valence-electron chi connectivity index (χ0n) is 13.4. The van der Waals surface area contributed by atoms with Crippen molar-refractivity contribution in [3.8, 4) is 0 Å². The number of sulfonamides is 1. The van der Waals surface area contributed by atoms with Crippen molar-refractivity contribution in [3.63, 3.8) is 0 Å². The van der Waals surface area contributed by atoms with Crippen LogP contribution < -0.4 is 10.0 Å². The molecule has 1 amide bonds. The van der Waals surface area contributed by atoms with E-state index in [1.807, 2.05) is 13.8 Å². The summed E-state index contributed by atoms with van der Waals surface area (Å²) < 4.78 is 39.9. The lowest BCUT2D eigenvalue weighted by Crippen LogP contribution is -2.14. The molecule has 0 fully saturated rings. The highest BCUT2D eigenvalue weighted by Gasteiger charge is 2.15. The zero-order chi connectivity index (χ0) is 17.7. The number of carbonyl (C=O) groups is 1. The molecular weight excluding hydrogens is 331 g/mol. The van der Waals surface area contributed by atoms with E-state index in [1.165, 1.54) is 30.3 Å². The van der Waals surface area contributed by atoms with Crippen LogP contribution in [0, 0.1) is 11.7 Å². The summed E-state index contributed by atoms with van der Waals surface area (Å²) >= 11 is 0. The van der Waals surface area contributed by atoms with Gasteiger partial charge in [0.1, 0.15) is 5.82 Å². The highest BCUT2D eigenvalue weighted by molar-refractivity contribution is 7.92. The van der Waals surface area contributed by atoms with Crippen LogP contribution in [0.2, 0.25) is 0 Å². The number of hydrogen-bond acceptors (Lipinski definition) is 3. The average Bonchev–Trinajstić information content (AvgIpc) is 2.48. The van der Waals surface area contributed by atoms with Gasteiger partial charge in [-0.1, -0.05) is 19.9 Å². The number of amides is 1. The number of halogens is 1. The number of anilines is 2. The van der Waals surface area contributed by atoms with Crippen molar-refractivity contribution in [1.29, 1.82) is 0 Å². The highest BCUT2D eigenvalue weighted by atomic mass is 32.2. The summed E-state index contributed by atoms with van der Waals surface area (Å²) in [5, 5.41) is 2.74. The molecule has 0 saturated carbocycles. The van der Waals surface area contributed by atoms with Crippen LogP contribution >= 0.6 is 0 Å². The number of hydrogen-bond donors (Lipinski definition) is 2. The van der Waals surface area contributed by atoms with Gasteiger partial charge >= 0.3 is 0 Å². The topological polar surface area (TPSA) is 75.3 Å². The van der Waals surface area contributed by atoms with E-state index in [0.29, 0.717) is 17.8 Å². The lowest BCUT2D eigenvalue weighted by atomic mass is 10.1. The molecule has 5 nitrogen and oxygen atoms in total. The summed E-state index contributed by atoms with van der Waals surface area (Å²) in [6.45, 7) is 3.90. The molecule has 7 heteroatoms. The van der Waals surface area contributed by atoms with Gasteiger partial charge in [0.15, 0.2) is 0 Å². The molecule has 0 atom stereocenters. The molecule has 24 heavy (non-hydrogen) atoms. The highest BCUT2D eigenvalue weighted by Crippen LogP contribution is 2.19. The smallest absolute Gasteiger partial charge is 0.261 e. The Morgan fingerprint density at radius 1 is 1.08 bits per heavy atom. The Hall–Kier alpha value is -2.41. The molecule has 0 aliphatic rings. The Labute approximate surface area is 141 Å². The molecule has 2 rings (SSSR count). The van der Waals surface area contributed by atoms with Crippen molar-refractivity contribution in [1.82, 2.24) is 0 Å². The zero-order valence-corrected chi connectivity index (χ0v) is 14.2. The lowest BCUT2D eigenvalue weighted by molar-refractivity contribution is -0.116. The van der Waals surface area contributed by atoms with E-state index in [4.69, 9.17) is 0 Å². The van der Waals surface area contributed by atoms with Gasteiger partial charge in [0.05, 0.1) is 4.90 Å². The van der Waals surface area contributed by atoms with Crippen LogP contribution in [0.3, 0.4) is 0 Å². The molecule has 2 aromatic rings. The second-order valence-electron chi connectivity index (χ2n) is 5.79. The maximum atomic E-state index is 13.2. The van der Waals surface area contributed by atoms with Gasteiger partial charge in [-0.05, 0) is 48.4 Å². The first-order chi connectivity index (χ1) is 11.3. The Kier molecular flexibility index (Phi) is 5.56. The van der Waals surface area contributed by atoms with E-state index in [9.17, 15) is 17.6 Å². The molecule has 128 valence electrons. The van der Waals surface area contributed by atoms with Gasteiger partial charge in [0.25, 0.3) is 10.0 Å². The van der Waals surface area contributed by atoms with Crippen LogP contribution in [0.25, 0.3) is 0 Å².